The van der Waals surface area contributed by atoms with Crippen LogP contribution in [0.25, 0.3) is 55.6 Å². The summed E-state index contributed by atoms with van der Waals surface area (Å²) in [7, 11) is 0. The van der Waals surface area contributed by atoms with Crippen LogP contribution in [0.2, 0.25) is 0 Å². The molecule has 0 spiro atoms. The van der Waals surface area contributed by atoms with Gasteiger partial charge in [0, 0.05) is 22.4 Å². The standard InChI is InChI=1S/C64H47N/c1-63(2)56-35-20-18-33-51(56)52-40-39-49(43-59(52)63)65(50-41-54(44-23-8-3-9-24-44)61(46-27-12-5-13-28-46)55(42-50)45-25-10-4-11-26-45)60-38-22-37-58-62(60)53-34-19-21-36-57(53)64(58,47-29-14-6-15-30-47)48-31-16-7-17-32-48/h3-43H,1-2H3. The van der Waals surface area contributed by atoms with Crippen molar-refractivity contribution in [3.63, 3.8) is 0 Å². The monoisotopic (exact) mass is 829 g/mol. The number of rotatable bonds is 8. The van der Waals surface area contributed by atoms with Crippen LogP contribution in [0.3, 0.4) is 0 Å². The van der Waals surface area contributed by atoms with E-state index in [0.29, 0.717) is 0 Å². The van der Waals surface area contributed by atoms with Crippen molar-refractivity contribution in [1.29, 1.82) is 0 Å². The van der Waals surface area contributed by atoms with E-state index in [1.54, 1.807) is 0 Å². The maximum absolute atomic E-state index is 2.56. The molecule has 12 rings (SSSR count). The Bertz CT molecular complexity index is 3270. The fourth-order valence-corrected chi connectivity index (χ4v) is 11.3. The Morgan fingerprint density at radius 3 is 1.34 bits per heavy atom. The van der Waals surface area contributed by atoms with Gasteiger partial charge in [0.05, 0.1) is 11.1 Å². The van der Waals surface area contributed by atoms with Crippen molar-refractivity contribution in [3.8, 4) is 55.6 Å². The molecule has 0 atom stereocenters. The fourth-order valence-electron chi connectivity index (χ4n) is 11.3. The highest BCUT2D eigenvalue weighted by Gasteiger charge is 2.47. The third-order valence-electron chi connectivity index (χ3n) is 14.1. The summed E-state index contributed by atoms with van der Waals surface area (Å²) in [4.78, 5) is 2.56. The van der Waals surface area contributed by atoms with Crippen molar-refractivity contribution in [1.82, 2.24) is 0 Å². The molecule has 0 heterocycles. The molecule has 0 unspecified atom stereocenters. The Morgan fingerprint density at radius 1 is 0.292 bits per heavy atom. The Morgan fingerprint density at radius 2 is 0.754 bits per heavy atom. The van der Waals surface area contributed by atoms with Crippen LogP contribution < -0.4 is 4.90 Å². The van der Waals surface area contributed by atoms with Gasteiger partial charge in [0.15, 0.2) is 0 Å². The van der Waals surface area contributed by atoms with Crippen LogP contribution in [-0.2, 0) is 10.8 Å². The van der Waals surface area contributed by atoms with Gasteiger partial charge in [0.2, 0.25) is 0 Å². The molecular weight excluding hydrogens is 783 g/mol. The van der Waals surface area contributed by atoms with E-state index < -0.39 is 5.41 Å². The summed E-state index contributed by atoms with van der Waals surface area (Å²) in [6.45, 7) is 4.76. The summed E-state index contributed by atoms with van der Waals surface area (Å²) in [6, 6.07) is 92.2. The number of nitrogens with zero attached hydrogens (tertiary/aromatic N) is 1. The molecule has 2 aliphatic carbocycles. The van der Waals surface area contributed by atoms with E-state index in [-0.39, 0.29) is 5.41 Å². The SMILES string of the molecule is CC1(C)c2ccccc2-c2ccc(N(c3cc(-c4ccccc4)c(-c4ccccc4)c(-c4ccccc4)c3)c3cccc4c3-c3ccccc3C4(c3ccccc3)c3ccccc3)cc21. The van der Waals surface area contributed by atoms with Crippen LogP contribution in [-0.4, -0.2) is 0 Å². The van der Waals surface area contributed by atoms with Crippen LogP contribution in [0.15, 0.2) is 249 Å². The molecule has 2 aliphatic rings. The Hall–Kier alpha value is -8.00. The number of hydrogen-bond acceptors (Lipinski definition) is 1. The van der Waals surface area contributed by atoms with Gasteiger partial charge in [-0.25, -0.2) is 0 Å². The Balaban J connectivity index is 1.21. The molecule has 0 saturated heterocycles. The second-order valence-electron chi connectivity index (χ2n) is 18.0. The minimum atomic E-state index is -0.542. The first-order chi connectivity index (χ1) is 32.0. The molecule has 0 amide bonds. The molecule has 1 heteroatoms. The zero-order valence-corrected chi connectivity index (χ0v) is 36.6. The summed E-state index contributed by atoms with van der Waals surface area (Å²) in [5.74, 6) is 0. The van der Waals surface area contributed by atoms with Gasteiger partial charge in [0.25, 0.3) is 0 Å². The van der Waals surface area contributed by atoms with Crippen LogP contribution in [0, 0.1) is 0 Å². The smallest absolute Gasteiger partial charge is 0.0714 e. The number of benzene rings is 10. The van der Waals surface area contributed by atoms with Crippen molar-refractivity contribution in [2.45, 2.75) is 24.7 Å². The second-order valence-corrected chi connectivity index (χ2v) is 18.0. The largest absolute Gasteiger partial charge is 0.310 e. The maximum atomic E-state index is 2.56. The van der Waals surface area contributed by atoms with Gasteiger partial charge in [-0.15, -0.1) is 0 Å². The highest BCUT2D eigenvalue weighted by atomic mass is 15.1. The first-order valence-corrected chi connectivity index (χ1v) is 22.8. The lowest BCUT2D eigenvalue weighted by Gasteiger charge is -2.35. The van der Waals surface area contributed by atoms with E-state index >= 15 is 0 Å². The van der Waals surface area contributed by atoms with Crippen LogP contribution in [0.4, 0.5) is 17.1 Å². The first-order valence-electron chi connectivity index (χ1n) is 22.8. The molecule has 0 saturated carbocycles. The molecule has 308 valence electrons. The quantitative estimate of drug-likeness (QED) is 0.147. The molecule has 1 nitrogen and oxygen atoms in total. The van der Waals surface area contributed by atoms with Gasteiger partial charge in [-0.2, -0.15) is 0 Å². The zero-order chi connectivity index (χ0) is 43.5. The molecule has 10 aromatic rings. The zero-order valence-electron chi connectivity index (χ0n) is 36.6. The minimum absolute atomic E-state index is 0.184. The third-order valence-corrected chi connectivity index (χ3v) is 14.1. The third kappa shape index (κ3) is 6.00. The van der Waals surface area contributed by atoms with E-state index in [9.17, 15) is 0 Å². The second kappa shape index (κ2) is 15.4. The average Bonchev–Trinajstić information content (AvgIpc) is 3.81. The summed E-state index contributed by atoms with van der Waals surface area (Å²) >= 11 is 0. The van der Waals surface area contributed by atoms with E-state index in [0.717, 1.165) is 17.1 Å². The molecule has 0 bridgehead atoms. The predicted molar refractivity (Wildman–Crippen MR) is 272 cm³/mol. The molecule has 0 aliphatic heterocycles. The molecule has 0 aromatic heterocycles. The van der Waals surface area contributed by atoms with E-state index in [2.05, 4.69) is 267 Å². The minimum Gasteiger partial charge on any atom is -0.310 e. The van der Waals surface area contributed by atoms with E-state index in [1.807, 2.05) is 0 Å². The predicted octanol–water partition coefficient (Wildman–Crippen LogP) is 16.8. The molecule has 0 radical (unpaired) electrons. The summed E-state index contributed by atoms with van der Waals surface area (Å²) < 4.78 is 0. The Kier molecular flexibility index (Phi) is 9.14. The average molecular weight is 830 g/mol. The van der Waals surface area contributed by atoms with Crippen LogP contribution in [0.5, 0.6) is 0 Å². The Labute approximate surface area is 382 Å². The number of anilines is 3. The lowest BCUT2D eigenvalue weighted by Crippen LogP contribution is -2.28. The van der Waals surface area contributed by atoms with Gasteiger partial charge in [-0.3, -0.25) is 0 Å². The van der Waals surface area contributed by atoms with Crippen molar-refractivity contribution >= 4 is 17.1 Å². The van der Waals surface area contributed by atoms with Crippen LogP contribution >= 0.6 is 0 Å². The highest BCUT2D eigenvalue weighted by Crippen LogP contribution is 2.60. The first kappa shape index (κ1) is 38.7. The van der Waals surface area contributed by atoms with E-state index in [4.69, 9.17) is 0 Å². The van der Waals surface area contributed by atoms with Gasteiger partial charge in [-0.05, 0) is 114 Å². The normalized spacial score (nSPS) is 13.6. The van der Waals surface area contributed by atoms with Gasteiger partial charge < -0.3 is 4.90 Å². The van der Waals surface area contributed by atoms with Crippen molar-refractivity contribution in [3.05, 3.63) is 282 Å². The lowest BCUT2D eigenvalue weighted by atomic mass is 9.68. The van der Waals surface area contributed by atoms with Gasteiger partial charge in [0.1, 0.15) is 0 Å². The molecule has 0 N–H and O–H groups in total. The molecule has 0 fully saturated rings. The number of hydrogen-bond donors (Lipinski definition) is 0. The number of fused-ring (bicyclic) bond motifs is 6. The summed E-state index contributed by atoms with van der Waals surface area (Å²) in [6.07, 6.45) is 0. The van der Waals surface area contributed by atoms with Crippen LogP contribution in [0.1, 0.15) is 47.2 Å². The van der Waals surface area contributed by atoms with Gasteiger partial charge in [-0.1, -0.05) is 232 Å². The fraction of sp³-hybridized carbons (Fsp3) is 0.0625. The van der Waals surface area contributed by atoms with Gasteiger partial charge >= 0.3 is 0 Å². The van der Waals surface area contributed by atoms with Crippen molar-refractivity contribution in [2.24, 2.45) is 0 Å². The topological polar surface area (TPSA) is 3.24 Å². The van der Waals surface area contributed by atoms with Crippen molar-refractivity contribution in [2.75, 3.05) is 4.90 Å². The maximum Gasteiger partial charge on any atom is 0.0714 e. The molecule has 65 heavy (non-hydrogen) atoms. The molecular formula is C64H47N. The highest BCUT2D eigenvalue weighted by molar-refractivity contribution is 6.02. The summed E-state index contributed by atoms with van der Waals surface area (Å²) in [5.41, 5.74) is 22.6. The van der Waals surface area contributed by atoms with E-state index in [1.165, 1.54) is 89.0 Å². The lowest BCUT2D eigenvalue weighted by molar-refractivity contribution is 0.660. The molecule has 10 aromatic carbocycles. The summed E-state index contributed by atoms with van der Waals surface area (Å²) in [5, 5.41) is 0. The van der Waals surface area contributed by atoms with Crippen molar-refractivity contribution < 1.29 is 0 Å².